The quantitative estimate of drug-likeness (QED) is 0.818. The number of benzene rings is 1. The lowest BCUT2D eigenvalue weighted by Crippen LogP contribution is -2.45. The van der Waals surface area contributed by atoms with Crippen molar-refractivity contribution in [3.05, 3.63) is 29.6 Å². The maximum Gasteiger partial charge on any atom is 0.226 e. The van der Waals surface area contributed by atoms with Gasteiger partial charge in [-0.1, -0.05) is 0 Å². The van der Waals surface area contributed by atoms with E-state index in [1.807, 2.05) is 23.1 Å². The lowest BCUT2D eigenvalue weighted by Gasteiger charge is -2.35. The highest BCUT2D eigenvalue weighted by atomic mass is 16.5. The van der Waals surface area contributed by atoms with E-state index >= 15 is 0 Å². The number of carbonyl (C=O) groups excluding carboxylic acids is 1. The maximum atomic E-state index is 12.9. The van der Waals surface area contributed by atoms with E-state index in [-0.39, 0.29) is 11.8 Å². The molecule has 0 saturated carbocycles. The van der Waals surface area contributed by atoms with Gasteiger partial charge in [-0.3, -0.25) is 4.79 Å². The fourth-order valence-corrected chi connectivity index (χ4v) is 4.12. The lowest BCUT2D eigenvalue weighted by molar-refractivity contribution is -0.136. The first-order valence-electron chi connectivity index (χ1n) is 9.83. The van der Waals surface area contributed by atoms with Crippen molar-refractivity contribution in [2.24, 2.45) is 5.92 Å². The molecule has 2 aliphatic rings. The number of ether oxygens (including phenoxy) is 2. The van der Waals surface area contributed by atoms with Crippen LogP contribution in [0.1, 0.15) is 30.7 Å². The summed E-state index contributed by atoms with van der Waals surface area (Å²) >= 11 is 0. The number of carbonyl (C=O) groups is 1. The number of methoxy groups -OCH3 is 2. The molecule has 2 heterocycles. The molecular formula is C20H27N5O3. The number of aryl methyl sites for hydroxylation is 1. The number of hydrogen-bond acceptors (Lipinski definition) is 6. The van der Waals surface area contributed by atoms with Crippen LogP contribution in [0.3, 0.4) is 0 Å². The maximum absolute atomic E-state index is 12.9. The first-order valence-corrected chi connectivity index (χ1v) is 9.83. The Bertz CT molecular complexity index is 807. The van der Waals surface area contributed by atoms with E-state index in [1.54, 1.807) is 14.2 Å². The molecule has 4 rings (SSSR count). The smallest absolute Gasteiger partial charge is 0.226 e. The molecular weight excluding hydrogens is 358 g/mol. The highest BCUT2D eigenvalue weighted by molar-refractivity contribution is 5.79. The summed E-state index contributed by atoms with van der Waals surface area (Å²) in [6.07, 6.45) is 4.24. The molecule has 0 radical (unpaired) electrons. The Labute approximate surface area is 164 Å². The number of fused-ring (bicyclic) bond motifs is 1. The fraction of sp³-hybridized carbons (Fsp3) is 0.550. The normalized spacial score (nSPS) is 19.8. The van der Waals surface area contributed by atoms with Crippen molar-refractivity contribution in [2.45, 2.75) is 38.1 Å². The summed E-state index contributed by atoms with van der Waals surface area (Å²) in [5, 5.41) is 14.6. The number of amides is 1. The summed E-state index contributed by atoms with van der Waals surface area (Å²) in [6, 6.07) is 6.13. The number of H-pyrrole nitrogens is 1. The number of aromatic nitrogens is 3. The molecule has 0 bridgehead atoms. The van der Waals surface area contributed by atoms with Crippen LogP contribution in [0.4, 0.5) is 5.69 Å². The molecule has 2 N–H and O–H groups in total. The van der Waals surface area contributed by atoms with Gasteiger partial charge >= 0.3 is 0 Å². The van der Waals surface area contributed by atoms with E-state index in [1.165, 1.54) is 0 Å². The van der Waals surface area contributed by atoms with Gasteiger partial charge < -0.3 is 19.7 Å². The number of aromatic amines is 1. The molecule has 28 heavy (non-hydrogen) atoms. The number of likely N-dealkylation sites (tertiary alicyclic amines) is 1. The monoisotopic (exact) mass is 385 g/mol. The van der Waals surface area contributed by atoms with Gasteiger partial charge in [-0.25, -0.2) is 0 Å². The van der Waals surface area contributed by atoms with E-state index in [2.05, 4.69) is 20.7 Å². The second-order valence-corrected chi connectivity index (χ2v) is 7.50. The van der Waals surface area contributed by atoms with Gasteiger partial charge in [0.05, 0.1) is 25.6 Å². The number of nitrogens with one attached hydrogen (secondary N) is 2. The number of anilines is 1. The Hall–Kier alpha value is -2.77. The van der Waals surface area contributed by atoms with Gasteiger partial charge in [-0.05, 0) is 25.7 Å². The molecule has 1 amide bonds. The largest absolute Gasteiger partial charge is 0.497 e. The SMILES string of the molecule is COc1cc(NC2CCN(C(=O)C3CCc4n[nH]nc4C3)CC2)cc(OC)c1. The second-order valence-electron chi connectivity index (χ2n) is 7.50. The third kappa shape index (κ3) is 3.90. The predicted octanol–water partition coefficient (Wildman–Crippen LogP) is 2.03. The Morgan fingerprint density at radius 3 is 2.43 bits per heavy atom. The summed E-state index contributed by atoms with van der Waals surface area (Å²) in [4.78, 5) is 14.9. The third-order valence-corrected chi connectivity index (χ3v) is 5.75. The van der Waals surface area contributed by atoms with Crippen LogP contribution in [0.2, 0.25) is 0 Å². The van der Waals surface area contributed by atoms with Crippen LogP contribution in [0.25, 0.3) is 0 Å². The van der Waals surface area contributed by atoms with Crippen molar-refractivity contribution in [2.75, 3.05) is 32.6 Å². The van der Waals surface area contributed by atoms with Crippen LogP contribution in [-0.4, -0.2) is 59.6 Å². The first-order chi connectivity index (χ1) is 13.7. The van der Waals surface area contributed by atoms with Crippen LogP contribution in [-0.2, 0) is 17.6 Å². The molecule has 2 aromatic rings. The number of nitrogens with zero attached hydrogens (tertiary/aromatic N) is 3. The number of rotatable bonds is 5. The zero-order valence-electron chi connectivity index (χ0n) is 16.4. The fourth-order valence-electron chi connectivity index (χ4n) is 4.12. The zero-order chi connectivity index (χ0) is 19.5. The van der Waals surface area contributed by atoms with Crippen LogP contribution < -0.4 is 14.8 Å². The van der Waals surface area contributed by atoms with Crippen molar-refractivity contribution in [3.63, 3.8) is 0 Å². The minimum absolute atomic E-state index is 0.0322. The average Bonchev–Trinajstić information content (AvgIpc) is 3.21. The molecule has 8 nitrogen and oxygen atoms in total. The minimum Gasteiger partial charge on any atom is -0.497 e. The highest BCUT2D eigenvalue weighted by Crippen LogP contribution is 2.29. The molecule has 1 aliphatic carbocycles. The van der Waals surface area contributed by atoms with Crippen molar-refractivity contribution < 1.29 is 14.3 Å². The molecule has 1 atom stereocenters. The van der Waals surface area contributed by atoms with Crippen LogP contribution in [0, 0.1) is 5.92 Å². The molecule has 0 spiro atoms. The average molecular weight is 385 g/mol. The van der Waals surface area contributed by atoms with E-state index in [0.717, 1.165) is 67.3 Å². The van der Waals surface area contributed by atoms with Crippen LogP contribution >= 0.6 is 0 Å². The Morgan fingerprint density at radius 1 is 1.07 bits per heavy atom. The van der Waals surface area contributed by atoms with Gasteiger partial charge in [0, 0.05) is 55.4 Å². The minimum atomic E-state index is 0.0322. The van der Waals surface area contributed by atoms with Gasteiger partial charge in [0.2, 0.25) is 5.91 Å². The van der Waals surface area contributed by atoms with Gasteiger partial charge in [-0.2, -0.15) is 15.4 Å². The number of piperidine rings is 1. The van der Waals surface area contributed by atoms with Crippen LogP contribution in [0.15, 0.2) is 18.2 Å². The number of hydrogen-bond donors (Lipinski definition) is 2. The summed E-state index contributed by atoms with van der Waals surface area (Å²) in [6.45, 7) is 1.56. The topological polar surface area (TPSA) is 92.4 Å². The van der Waals surface area contributed by atoms with E-state index in [4.69, 9.17) is 9.47 Å². The summed E-state index contributed by atoms with van der Waals surface area (Å²) in [5.74, 6) is 1.82. The van der Waals surface area contributed by atoms with Gasteiger partial charge in [0.1, 0.15) is 11.5 Å². The van der Waals surface area contributed by atoms with Crippen molar-refractivity contribution in [1.82, 2.24) is 20.3 Å². The molecule has 1 aromatic carbocycles. The summed E-state index contributed by atoms with van der Waals surface area (Å²) < 4.78 is 10.7. The van der Waals surface area contributed by atoms with Gasteiger partial charge in [0.25, 0.3) is 0 Å². The molecule has 1 fully saturated rings. The molecule has 1 aromatic heterocycles. The van der Waals surface area contributed by atoms with Crippen molar-refractivity contribution in [3.8, 4) is 11.5 Å². The molecule has 150 valence electrons. The zero-order valence-corrected chi connectivity index (χ0v) is 16.4. The predicted molar refractivity (Wildman–Crippen MR) is 105 cm³/mol. The van der Waals surface area contributed by atoms with E-state index in [9.17, 15) is 4.79 Å². The Morgan fingerprint density at radius 2 is 1.75 bits per heavy atom. The molecule has 1 unspecified atom stereocenters. The lowest BCUT2D eigenvalue weighted by atomic mass is 9.88. The molecule has 8 heteroatoms. The highest BCUT2D eigenvalue weighted by Gasteiger charge is 2.32. The van der Waals surface area contributed by atoms with Crippen LogP contribution in [0.5, 0.6) is 11.5 Å². The standard InChI is InChI=1S/C20H27N5O3/c1-27-16-10-15(11-17(12-16)28-2)21-14-5-7-25(8-6-14)20(26)13-3-4-18-19(9-13)23-24-22-18/h10-14,21H,3-9H2,1-2H3,(H,22,23,24). The van der Waals surface area contributed by atoms with E-state index in [0.29, 0.717) is 12.5 Å². The van der Waals surface area contributed by atoms with Gasteiger partial charge in [0.15, 0.2) is 0 Å². The third-order valence-electron chi connectivity index (χ3n) is 5.75. The molecule has 1 aliphatic heterocycles. The first kappa shape index (κ1) is 18.6. The Kier molecular flexibility index (Phi) is 5.36. The van der Waals surface area contributed by atoms with E-state index < -0.39 is 0 Å². The van der Waals surface area contributed by atoms with Crippen molar-refractivity contribution >= 4 is 11.6 Å². The second kappa shape index (κ2) is 8.08. The Balaban J connectivity index is 1.32. The van der Waals surface area contributed by atoms with Crippen molar-refractivity contribution in [1.29, 1.82) is 0 Å². The van der Waals surface area contributed by atoms with Gasteiger partial charge in [-0.15, -0.1) is 0 Å². The summed E-state index contributed by atoms with van der Waals surface area (Å²) in [7, 11) is 3.30. The summed E-state index contributed by atoms with van der Waals surface area (Å²) in [5.41, 5.74) is 2.95. The molecule has 1 saturated heterocycles.